The number of nitrogens with zero attached hydrogens (tertiary/aromatic N) is 1. The normalized spacial score (nSPS) is 27.4. The van der Waals surface area contributed by atoms with Crippen LogP contribution in [0.1, 0.15) is 26.2 Å². The van der Waals surface area contributed by atoms with Gasteiger partial charge in [-0.2, -0.15) is 0 Å². The standard InChI is InChI=1S/C16H20N2O3/c1-11(14-8-5-9-21-14)17-13-10-15(19)18(16(13)20)12-6-3-2-4-7-12/h2-4,6-7,11,13-14,17H,5,8-10H2,1H3. The molecule has 0 bridgehead atoms. The molecule has 2 aliphatic heterocycles. The number of imide groups is 1. The molecule has 3 rings (SSSR count). The van der Waals surface area contributed by atoms with E-state index in [2.05, 4.69) is 5.32 Å². The number of benzene rings is 1. The quantitative estimate of drug-likeness (QED) is 0.853. The van der Waals surface area contributed by atoms with Crippen molar-refractivity contribution in [1.29, 1.82) is 0 Å². The van der Waals surface area contributed by atoms with Gasteiger partial charge in [0.25, 0.3) is 5.91 Å². The van der Waals surface area contributed by atoms with Crippen LogP contribution >= 0.6 is 0 Å². The summed E-state index contributed by atoms with van der Waals surface area (Å²) in [6.45, 7) is 2.79. The number of hydrogen-bond acceptors (Lipinski definition) is 4. The minimum absolute atomic E-state index is 0.0740. The van der Waals surface area contributed by atoms with Gasteiger partial charge in [-0.1, -0.05) is 18.2 Å². The topological polar surface area (TPSA) is 58.6 Å². The number of carbonyl (C=O) groups is 2. The van der Waals surface area contributed by atoms with Gasteiger partial charge in [0.15, 0.2) is 0 Å². The van der Waals surface area contributed by atoms with Crippen LogP contribution in [-0.4, -0.2) is 36.6 Å². The van der Waals surface area contributed by atoms with Crippen molar-refractivity contribution < 1.29 is 14.3 Å². The lowest BCUT2D eigenvalue weighted by atomic mass is 10.1. The van der Waals surface area contributed by atoms with Gasteiger partial charge in [0.1, 0.15) is 0 Å². The molecule has 2 heterocycles. The molecule has 5 heteroatoms. The SMILES string of the molecule is CC(NC1CC(=O)N(c2ccccc2)C1=O)C1CCCO1. The maximum absolute atomic E-state index is 12.5. The summed E-state index contributed by atoms with van der Waals surface area (Å²) in [5, 5.41) is 3.26. The van der Waals surface area contributed by atoms with Gasteiger partial charge in [-0.25, -0.2) is 4.90 Å². The number of para-hydroxylation sites is 1. The van der Waals surface area contributed by atoms with Crippen LogP contribution in [0.3, 0.4) is 0 Å². The first-order chi connectivity index (χ1) is 10.2. The van der Waals surface area contributed by atoms with E-state index in [0.29, 0.717) is 5.69 Å². The van der Waals surface area contributed by atoms with Gasteiger partial charge < -0.3 is 10.1 Å². The fraction of sp³-hybridized carbons (Fsp3) is 0.500. The molecule has 2 aliphatic rings. The Labute approximate surface area is 124 Å². The molecule has 2 amide bonds. The van der Waals surface area contributed by atoms with Gasteiger partial charge in [0, 0.05) is 12.6 Å². The summed E-state index contributed by atoms with van der Waals surface area (Å²) in [6, 6.07) is 8.70. The highest BCUT2D eigenvalue weighted by molar-refractivity contribution is 6.22. The van der Waals surface area contributed by atoms with Crippen LogP contribution in [0.4, 0.5) is 5.69 Å². The van der Waals surface area contributed by atoms with Crippen molar-refractivity contribution in [2.75, 3.05) is 11.5 Å². The number of carbonyl (C=O) groups excluding carboxylic acids is 2. The van der Waals surface area contributed by atoms with E-state index in [-0.39, 0.29) is 30.4 Å². The third-order valence-electron chi connectivity index (χ3n) is 4.15. The molecule has 21 heavy (non-hydrogen) atoms. The molecule has 0 radical (unpaired) electrons. The minimum atomic E-state index is -0.447. The van der Waals surface area contributed by atoms with E-state index in [9.17, 15) is 9.59 Å². The predicted octanol–water partition coefficient (Wildman–Crippen LogP) is 1.48. The van der Waals surface area contributed by atoms with Gasteiger partial charge in [0.2, 0.25) is 5.91 Å². The van der Waals surface area contributed by atoms with E-state index in [4.69, 9.17) is 4.74 Å². The molecule has 1 aromatic carbocycles. The van der Waals surface area contributed by atoms with Crippen molar-refractivity contribution in [3.8, 4) is 0 Å². The van der Waals surface area contributed by atoms with Gasteiger partial charge in [-0.15, -0.1) is 0 Å². The molecule has 2 saturated heterocycles. The summed E-state index contributed by atoms with van der Waals surface area (Å²) in [6.07, 6.45) is 2.42. The summed E-state index contributed by atoms with van der Waals surface area (Å²) in [7, 11) is 0. The number of amides is 2. The van der Waals surface area contributed by atoms with Crippen LogP contribution in [0.5, 0.6) is 0 Å². The molecule has 0 spiro atoms. The molecule has 0 aromatic heterocycles. The van der Waals surface area contributed by atoms with Crippen molar-refractivity contribution >= 4 is 17.5 Å². The van der Waals surface area contributed by atoms with E-state index in [1.807, 2.05) is 25.1 Å². The maximum atomic E-state index is 12.5. The van der Waals surface area contributed by atoms with Crippen molar-refractivity contribution in [2.45, 2.75) is 44.4 Å². The molecule has 5 nitrogen and oxygen atoms in total. The highest BCUT2D eigenvalue weighted by Crippen LogP contribution is 2.24. The van der Waals surface area contributed by atoms with Crippen molar-refractivity contribution in [2.24, 2.45) is 0 Å². The molecular formula is C16H20N2O3. The average molecular weight is 288 g/mol. The van der Waals surface area contributed by atoms with Crippen LogP contribution in [0.2, 0.25) is 0 Å². The molecule has 112 valence electrons. The molecule has 0 saturated carbocycles. The number of rotatable bonds is 4. The van der Waals surface area contributed by atoms with Gasteiger partial charge in [-0.3, -0.25) is 9.59 Å². The molecule has 1 N–H and O–H groups in total. The molecular weight excluding hydrogens is 268 g/mol. The van der Waals surface area contributed by atoms with Crippen LogP contribution in [0, 0.1) is 0 Å². The van der Waals surface area contributed by atoms with Crippen molar-refractivity contribution in [3.63, 3.8) is 0 Å². The lowest BCUT2D eigenvalue weighted by Crippen LogP contribution is -2.47. The molecule has 1 aromatic rings. The smallest absolute Gasteiger partial charge is 0.251 e. The predicted molar refractivity (Wildman–Crippen MR) is 78.9 cm³/mol. The molecule has 3 unspecified atom stereocenters. The van der Waals surface area contributed by atoms with Gasteiger partial charge in [-0.05, 0) is 31.9 Å². The summed E-state index contributed by atoms with van der Waals surface area (Å²) in [4.78, 5) is 25.9. The largest absolute Gasteiger partial charge is 0.377 e. The molecule has 0 aliphatic carbocycles. The van der Waals surface area contributed by atoms with E-state index in [0.717, 1.165) is 19.4 Å². The highest BCUT2D eigenvalue weighted by atomic mass is 16.5. The zero-order valence-corrected chi connectivity index (χ0v) is 12.1. The Kier molecular flexibility index (Phi) is 4.03. The fourth-order valence-corrected chi connectivity index (χ4v) is 3.03. The zero-order chi connectivity index (χ0) is 14.8. The Morgan fingerprint density at radius 2 is 2.05 bits per heavy atom. The Morgan fingerprint density at radius 3 is 2.71 bits per heavy atom. The van der Waals surface area contributed by atoms with E-state index >= 15 is 0 Å². The maximum Gasteiger partial charge on any atom is 0.251 e. The van der Waals surface area contributed by atoms with E-state index in [1.54, 1.807) is 12.1 Å². The minimum Gasteiger partial charge on any atom is -0.377 e. The first-order valence-electron chi connectivity index (χ1n) is 7.46. The van der Waals surface area contributed by atoms with Crippen LogP contribution in [-0.2, 0) is 14.3 Å². The lowest BCUT2D eigenvalue weighted by molar-refractivity contribution is -0.121. The molecule has 2 fully saturated rings. The Morgan fingerprint density at radius 1 is 1.29 bits per heavy atom. The lowest BCUT2D eigenvalue weighted by Gasteiger charge is -2.23. The number of nitrogens with one attached hydrogen (secondary N) is 1. The Balaban J connectivity index is 1.68. The summed E-state index contributed by atoms with van der Waals surface area (Å²) in [5.74, 6) is -0.320. The fourth-order valence-electron chi connectivity index (χ4n) is 3.03. The summed E-state index contributed by atoms with van der Waals surface area (Å²) >= 11 is 0. The molecule has 3 atom stereocenters. The average Bonchev–Trinajstić information content (AvgIpc) is 3.09. The number of hydrogen-bond donors (Lipinski definition) is 1. The second-order valence-electron chi connectivity index (χ2n) is 5.67. The van der Waals surface area contributed by atoms with Gasteiger partial charge in [0.05, 0.1) is 24.3 Å². The van der Waals surface area contributed by atoms with E-state index in [1.165, 1.54) is 4.90 Å². The second-order valence-corrected chi connectivity index (χ2v) is 5.67. The third kappa shape index (κ3) is 2.84. The van der Waals surface area contributed by atoms with Crippen LogP contribution in [0.25, 0.3) is 0 Å². The Hall–Kier alpha value is -1.72. The zero-order valence-electron chi connectivity index (χ0n) is 12.1. The van der Waals surface area contributed by atoms with Crippen LogP contribution < -0.4 is 10.2 Å². The number of ether oxygens (including phenoxy) is 1. The Bertz CT molecular complexity index is 526. The van der Waals surface area contributed by atoms with Gasteiger partial charge >= 0.3 is 0 Å². The third-order valence-corrected chi connectivity index (χ3v) is 4.15. The van der Waals surface area contributed by atoms with E-state index < -0.39 is 6.04 Å². The number of anilines is 1. The first kappa shape index (κ1) is 14.2. The van der Waals surface area contributed by atoms with Crippen molar-refractivity contribution in [3.05, 3.63) is 30.3 Å². The summed E-state index contributed by atoms with van der Waals surface area (Å²) in [5.41, 5.74) is 0.640. The van der Waals surface area contributed by atoms with Crippen molar-refractivity contribution in [1.82, 2.24) is 5.32 Å². The second kappa shape index (κ2) is 5.95. The first-order valence-corrected chi connectivity index (χ1v) is 7.46. The van der Waals surface area contributed by atoms with Crippen LogP contribution in [0.15, 0.2) is 30.3 Å². The highest BCUT2D eigenvalue weighted by Gasteiger charge is 2.40. The monoisotopic (exact) mass is 288 g/mol. The summed E-state index contributed by atoms with van der Waals surface area (Å²) < 4.78 is 5.63.